The number of piperazine rings is 1. The molecule has 3 aliphatic heterocycles. The number of nitrogens with two attached hydrogens (primary N) is 1. The van der Waals surface area contributed by atoms with E-state index in [0.29, 0.717) is 31.2 Å². The van der Waals surface area contributed by atoms with Gasteiger partial charge in [-0.2, -0.15) is 0 Å². The van der Waals surface area contributed by atoms with Crippen LogP contribution in [0.1, 0.15) is 30.9 Å². The van der Waals surface area contributed by atoms with Gasteiger partial charge in [-0.25, -0.2) is 0 Å². The first kappa shape index (κ1) is 20.9. The van der Waals surface area contributed by atoms with Crippen molar-refractivity contribution in [3.05, 3.63) is 46.9 Å². The fourth-order valence-corrected chi connectivity index (χ4v) is 4.81. The minimum atomic E-state index is -0.339. The Morgan fingerprint density at radius 2 is 1.97 bits per heavy atom. The summed E-state index contributed by atoms with van der Waals surface area (Å²) in [5, 5.41) is 6.40. The van der Waals surface area contributed by atoms with Gasteiger partial charge in [0.2, 0.25) is 5.91 Å². The number of amides is 1. The molecule has 0 aliphatic carbocycles. The number of benzene rings is 1. The average Bonchev–Trinajstić information content (AvgIpc) is 3.20. The first-order valence-electron chi connectivity index (χ1n) is 10.2. The zero-order valence-electron chi connectivity index (χ0n) is 16.7. The van der Waals surface area contributed by atoms with Crippen LogP contribution in [0.4, 0.5) is 0 Å². The van der Waals surface area contributed by atoms with Crippen LogP contribution in [-0.4, -0.2) is 57.6 Å². The van der Waals surface area contributed by atoms with Crippen molar-refractivity contribution in [3.8, 4) is 0 Å². The highest BCUT2D eigenvalue weighted by Gasteiger charge is 2.40. The van der Waals surface area contributed by atoms with Crippen molar-refractivity contribution < 1.29 is 9.53 Å². The molecule has 1 aromatic carbocycles. The molecule has 2 unspecified atom stereocenters. The first-order valence-corrected chi connectivity index (χ1v) is 11.2. The summed E-state index contributed by atoms with van der Waals surface area (Å²) in [4.78, 5) is 17.0. The number of carbonyl (C=O) groups excluding carboxylic acids is 1. The molecular weight excluding hydrogens is 483 g/mol. The summed E-state index contributed by atoms with van der Waals surface area (Å²) in [6, 6.07) is 8.68. The molecule has 1 amide bonds. The molecule has 3 aliphatic rings. The fourth-order valence-electron chi connectivity index (χ4n) is 4.23. The van der Waals surface area contributed by atoms with Crippen LogP contribution < -0.4 is 16.4 Å². The maximum atomic E-state index is 12.3. The van der Waals surface area contributed by atoms with Gasteiger partial charge in [0, 0.05) is 19.7 Å². The van der Waals surface area contributed by atoms with E-state index in [1.807, 2.05) is 6.92 Å². The Hall–Kier alpha value is -1.40. The molecule has 2 saturated heterocycles. The van der Waals surface area contributed by atoms with Crippen LogP contribution in [0.2, 0.25) is 0 Å². The third kappa shape index (κ3) is 4.69. The highest BCUT2D eigenvalue weighted by Crippen LogP contribution is 2.27. The molecule has 9 heteroatoms. The molecule has 3 heterocycles. The third-order valence-electron chi connectivity index (χ3n) is 5.58. The molecule has 2 atom stereocenters. The summed E-state index contributed by atoms with van der Waals surface area (Å²) in [6.07, 6.45) is 2.05. The van der Waals surface area contributed by atoms with Gasteiger partial charge in [-0.3, -0.25) is 23.0 Å². The molecular formula is C20H29IN6O2. The Labute approximate surface area is 185 Å². The van der Waals surface area contributed by atoms with Crippen molar-refractivity contribution in [2.75, 3.05) is 26.2 Å². The van der Waals surface area contributed by atoms with Crippen LogP contribution in [0.3, 0.4) is 0 Å². The molecule has 0 bridgehead atoms. The number of nitrogens with zero attached hydrogens (tertiary/aromatic N) is 3. The van der Waals surface area contributed by atoms with E-state index in [1.165, 1.54) is 37.1 Å². The van der Waals surface area contributed by atoms with Crippen molar-refractivity contribution >= 4 is 28.8 Å². The van der Waals surface area contributed by atoms with Gasteiger partial charge in [0.1, 0.15) is 12.0 Å². The molecule has 4 rings (SSSR count). The topological polar surface area (TPSA) is 86.1 Å². The van der Waals surface area contributed by atoms with Gasteiger partial charge >= 0.3 is 0 Å². The lowest BCUT2D eigenvalue weighted by Crippen LogP contribution is -2.66. The SMILES string of the molecule is CCOC1NC2C(=C(N)N1I)NC(=O)CN2Cc1cccc(CN2CCCC2)c1. The van der Waals surface area contributed by atoms with Crippen molar-refractivity contribution in [1.82, 2.24) is 23.5 Å². The number of hydrogen-bond acceptors (Lipinski definition) is 7. The number of nitrogens with one attached hydrogen (secondary N) is 2. The lowest BCUT2D eigenvalue weighted by molar-refractivity contribution is -0.127. The summed E-state index contributed by atoms with van der Waals surface area (Å²) in [7, 11) is 0. The van der Waals surface area contributed by atoms with Gasteiger partial charge in [-0.15, -0.1) is 0 Å². The van der Waals surface area contributed by atoms with E-state index in [2.05, 4.69) is 67.6 Å². The Kier molecular flexibility index (Phi) is 6.60. The highest BCUT2D eigenvalue weighted by molar-refractivity contribution is 14.1. The summed E-state index contributed by atoms with van der Waals surface area (Å²) < 4.78 is 7.57. The number of halogens is 1. The second-order valence-electron chi connectivity index (χ2n) is 7.74. The zero-order chi connectivity index (χ0) is 20.4. The normalized spacial score (nSPS) is 26.0. The summed E-state index contributed by atoms with van der Waals surface area (Å²) in [5.41, 5.74) is 9.53. The first-order chi connectivity index (χ1) is 14.0. The molecule has 0 spiro atoms. The Balaban J connectivity index is 1.52. The van der Waals surface area contributed by atoms with E-state index in [4.69, 9.17) is 10.5 Å². The number of likely N-dealkylation sites (tertiary alicyclic amines) is 1. The minimum Gasteiger partial charge on any atom is -0.383 e. The van der Waals surface area contributed by atoms with Crippen molar-refractivity contribution in [2.45, 2.75) is 45.4 Å². The molecule has 2 fully saturated rings. The summed E-state index contributed by atoms with van der Waals surface area (Å²) in [5.74, 6) is 0.475. The Morgan fingerprint density at radius 3 is 2.69 bits per heavy atom. The largest absolute Gasteiger partial charge is 0.383 e. The van der Waals surface area contributed by atoms with Crippen molar-refractivity contribution in [2.24, 2.45) is 5.73 Å². The number of hydrogen-bond donors (Lipinski definition) is 3. The van der Waals surface area contributed by atoms with Crippen molar-refractivity contribution in [3.63, 3.8) is 0 Å². The van der Waals surface area contributed by atoms with E-state index in [-0.39, 0.29) is 18.4 Å². The summed E-state index contributed by atoms with van der Waals surface area (Å²) in [6.45, 7) is 6.85. The van der Waals surface area contributed by atoms with E-state index in [0.717, 1.165) is 6.54 Å². The predicted molar refractivity (Wildman–Crippen MR) is 119 cm³/mol. The number of fused-ring (bicyclic) bond motifs is 1. The van der Waals surface area contributed by atoms with Crippen LogP contribution in [0.5, 0.6) is 0 Å². The maximum Gasteiger partial charge on any atom is 0.238 e. The van der Waals surface area contributed by atoms with Gasteiger partial charge in [-0.1, -0.05) is 24.3 Å². The van der Waals surface area contributed by atoms with Crippen LogP contribution in [-0.2, 0) is 22.6 Å². The number of ether oxygens (including phenoxy) is 1. The highest BCUT2D eigenvalue weighted by atomic mass is 127. The molecule has 0 saturated carbocycles. The lowest BCUT2D eigenvalue weighted by atomic mass is 10.1. The second-order valence-corrected chi connectivity index (χ2v) is 8.78. The molecule has 1 aromatic rings. The quantitative estimate of drug-likeness (QED) is 0.391. The second kappa shape index (κ2) is 9.17. The molecule has 0 aromatic heterocycles. The van der Waals surface area contributed by atoms with Gasteiger partial charge in [-0.05, 0) is 44.0 Å². The van der Waals surface area contributed by atoms with Crippen LogP contribution in [0.15, 0.2) is 35.8 Å². The van der Waals surface area contributed by atoms with Gasteiger partial charge < -0.3 is 15.8 Å². The van der Waals surface area contributed by atoms with E-state index in [9.17, 15) is 4.79 Å². The van der Waals surface area contributed by atoms with Crippen LogP contribution in [0, 0.1) is 0 Å². The standard InChI is InChI=1S/C20H29IN6O2/c1-2-29-20-24-19-17(18(22)27(20)21)23-16(28)13-26(19)12-15-7-5-6-14(10-15)11-25-8-3-4-9-25/h5-7,10,19-20,24H,2-4,8-9,11-13,22H2,1H3,(H,23,28). The van der Waals surface area contributed by atoms with E-state index < -0.39 is 0 Å². The van der Waals surface area contributed by atoms with Crippen LogP contribution in [0.25, 0.3) is 0 Å². The van der Waals surface area contributed by atoms with E-state index in [1.54, 1.807) is 3.11 Å². The zero-order valence-corrected chi connectivity index (χ0v) is 18.9. The monoisotopic (exact) mass is 512 g/mol. The van der Waals surface area contributed by atoms with E-state index >= 15 is 0 Å². The Bertz CT molecular complexity index is 782. The molecule has 158 valence electrons. The number of rotatable bonds is 6. The molecule has 29 heavy (non-hydrogen) atoms. The smallest absolute Gasteiger partial charge is 0.238 e. The van der Waals surface area contributed by atoms with Gasteiger partial charge in [0.25, 0.3) is 0 Å². The third-order valence-corrected chi connectivity index (χ3v) is 6.60. The molecule has 4 N–H and O–H groups in total. The maximum absolute atomic E-state index is 12.3. The summed E-state index contributed by atoms with van der Waals surface area (Å²) >= 11 is 2.11. The molecule has 0 radical (unpaired) electrons. The van der Waals surface area contributed by atoms with Crippen LogP contribution >= 0.6 is 22.9 Å². The molecule has 8 nitrogen and oxygen atoms in total. The number of carbonyl (C=O) groups is 1. The van der Waals surface area contributed by atoms with Gasteiger partial charge in [0.05, 0.1) is 35.1 Å². The van der Waals surface area contributed by atoms with Gasteiger partial charge in [0.15, 0.2) is 6.35 Å². The van der Waals surface area contributed by atoms with Crippen molar-refractivity contribution in [1.29, 1.82) is 0 Å². The predicted octanol–water partition coefficient (Wildman–Crippen LogP) is 1.24. The average molecular weight is 512 g/mol. The lowest BCUT2D eigenvalue weighted by Gasteiger charge is -2.45. The Morgan fingerprint density at radius 1 is 1.24 bits per heavy atom. The fraction of sp³-hybridized carbons (Fsp3) is 0.550. The minimum absolute atomic E-state index is 0.0473.